The molecule has 1 atom stereocenters. The summed E-state index contributed by atoms with van der Waals surface area (Å²) in [4.78, 5) is 0.445. The van der Waals surface area contributed by atoms with Gasteiger partial charge in [0.15, 0.2) is 4.91 Å². The van der Waals surface area contributed by atoms with Gasteiger partial charge in [-0.1, -0.05) is 30.3 Å². The Kier molecular flexibility index (Phi) is 3.02. The molecule has 0 spiro atoms. The van der Waals surface area contributed by atoms with Crippen LogP contribution in [0.15, 0.2) is 58.5 Å². The van der Waals surface area contributed by atoms with Crippen molar-refractivity contribution in [2.24, 2.45) is 5.41 Å². The van der Waals surface area contributed by atoms with E-state index in [1.54, 1.807) is 0 Å². The van der Waals surface area contributed by atoms with Crippen molar-refractivity contribution in [2.75, 3.05) is 0 Å². The fourth-order valence-electron chi connectivity index (χ4n) is 3.31. The molecule has 21 heavy (non-hydrogen) atoms. The summed E-state index contributed by atoms with van der Waals surface area (Å²) in [6, 6.07) is 9.53. The van der Waals surface area contributed by atoms with Crippen molar-refractivity contribution in [2.45, 2.75) is 20.8 Å². The van der Waals surface area contributed by atoms with E-state index < -0.39 is 15.4 Å². The zero-order valence-corrected chi connectivity index (χ0v) is 13.2. The molecule has 1 aromatic rings. The lowest BCUT2D eigenvalue weighted by molar-refractivity contribution is 0.571. The van der Waals surface area contributed by atoms with Crippen LogP contribution in [-0.2, 0) is 10.0 Å². The smallest absolute Gasteiger partial charge is 0.269 e. The maximum Gasteiger partial charge on any atom is 0.305 e. The topological polar surface area (TPSA) is 46.2 Å². The fraction of sp³-hybridized carbons (Fsp3) is 0.235. The van der Waals surface area contributed by atoms with Crippen molar-refractivity contribution in [3.63, 3.8) is 0 Å². The second-order valence-corrected chi connectivity index (χ2v) is 7.48. The summed E-state index contributed by atoms with van der Waals surface area (Å²) < 4.78 is 28.0. The molecule has 0 saturated heterocycles. The Labute approximate surface area is 126 Å². The molecule has 0 saturated carbocycles. The Bertz CT molecular complexity index is 785. The first-order chi connectivity index (χ1) is 9.82. The van der Waals surface area contributed by atoms with Crippen LogP contribution in [0.1, 0.15) is 26.3 Å². The molecule has 0 fully saturated rings. The van der Waals surface area contributed by atoms with E-state index in [0.717, 1.165) is 16.7 Å². The molecule has 0 bridgehead atoms. The van der Waals surface area contributed by atoms with E-state index in [4.69, 9.17) is 0 Å². The van der Waals surface area contributed by atoms with Crippen LogP contribution in [-0.4, -0.2) is 8.42 Å². The number of nitrogens with one attached hydrogen (secondary N) is 1. The van der Waals surface area contributed by atoms with E-state index >= 15 is 0 Å². The van der Waals surface area contributed by atoms with E-state index in [2.05, 4.69) is 4.72 Å². The molecular weight excluding hydrogens is 282 g/mol. The van der Waals surface area contributed by atoms with Gasteiger partial charge in [0.25, 0.3) is 0 Å². The van der Waals surface area contributed by atoms with Crippen molar-refractivity contribution < 1.29 is 8.42 Å². The quantitative estimate of drug-likeness (QED) is 0.808. The fourth-order valence-corrected chi connectivity index (χ4v) is 5.05. The van der Waals surface area contributed by atoms with Crippen molar-refractivity contribution in [1.82, 2.24) is 4.72 Å². The van der Waals surface area contributed by atoms with Crippen LogP contribution < -0.4 is 4.72 Å². The third-order valence-electron chi connectivity index (χ3n) is 3.86. The lowest BCUT2D eigenvalue weighted by atomic mass is 9.79. The molecule has 0 aromatic heterocycles. The molecule has 1 unspecified atom stereocenters. The summed E-state index contributed by atoms with van der Waals surface area (Å²) >= 11 is 0. The van der Waals surface area contributed by atoms with Gasteiger partial charge < -0.3 is 0 Å². The second kappa shape index (κ2) is 4.53. The van der Waals surface area contributed by atoms with Gasteiger partial charge in [0.2, 0.25) is 0 Å². The average molecular weight is 300 g/mol. The predicted molar refractivity (Wildman–Crippen MR) is 85.3 cm³/mol. The van der Waals surface area contributed by atoms with Crippen LogP contribution in [0.25, 0.3) is 5.70 Å². The molecule has 4 heteroatoms. The maximum absolute atomic E-state index is 12.7. The molecular formula is C17H18NO2S+. The molecule has 1 aromatic carbocycles. The van der Waals surface area contributed by atoms with Crippen molar-refractivity contribution in [3.8, 4) is 0 Å². The first-order valence-electron chi connectivity index (χ1n) is 6.88. The summed E-state index contributed by atoms with van der Waals surface area (Å²) in [6.45, 7) is 5.80. The predicted octanol–water partition coefficient (Wildman–Crippen LogP) is 3.40. The number of sulfonamides is 1. The molecule has 1 aliphatic heterocycles. The van der Waals surface area contributed by atoms with E-state index in [1.807, 2.05) is 69.7 Å². The first-order valence-corrected chi connectivity index (χ1v) is 8.37. The zero-order chi connectivity index (χ0) is 15.3. The van der Waals surface area contributed by atoms with E-state index in [9.17, 15) is 8.42 Å². The zero-order valence-electron chi connectivity index (χ0n) is 12.3. The van der Waals surface area contributed by atoms with Crippen LogP contribution in [0.4, 0.5) is 0 Å². The van der Waals surface area contributed by atoms with Gasteiger partial charge in [-0.2, -0.15) is 8.42 Å². The van der Waals surface area contributed by atoms with E-state index in [-0.39, 0.29) is 0 Å². The van der Waals surface area contributed by atoms with Crippen molar-refractivity contribution in [3.05, 3.63) is 70.5 Å². The molecule has 1 N–H and O–H groups in total. The largest absolute Gasteiger partial charge is 0.305 e. The molecule has 3 nitrogen and oxygen atoms in total. The van der Waals surface area contributed by atoms with Crippen LogP contribution >= 0.6 is 0 Å². The molecule has 1 aliphatic carbocycles. The van der Waals surface area contributed by atoms with Gasteiger partial charge in [0, 0.05) is 12.5 Å². The Hall–Kier alpha value is -1.94. The van der Waals surface area contributed by atoms with Crippen molar-refractivity contribution >= 4 is 15.7 Å². The highest BCUT2D eigenvalue weighted by atomic mass is 32.2. The van der Waals surface area contributed by atoms with Crippen LogP contribution in [0.5, 0.6) is 0 Å². The Morgan fingerprint density at radius 3 is 2.43 bits per heavy atom. The Morgan fingerprint density at radius 2 is 1.76 bits per heavy atom. The minimum Gasteiger partial charge on any atom is -0.269 e. The highest BCUT2D eigenvalue weighted by Gasteiger charge is 2.49. The molecule has 108 valence electrons. The molecule has 0 radical (unpaired) electrons. The number of hydrogen-bond donors (Lipinski definition) is 1. The summed E-state index contributed by atoms with van der Waals surface area (Å²) in [6.07, 6.45) is 5.92. The maximum atomic E-state index is 12.7. The van der Waals surface area contributed by atoms with Crippen molar-refractivity contribution in [1.29, 1.82) is 0 Å². The number of hydrogen-bond acceptors (Lipinski definition) is 2. The van der Waals surface area contributed by atoms with E-state index in [0.29, 0.717) is 10.6 Å². The molecule has 1 heterocycles. The normalized spacial score (nSPS) is 27.0. The monoisotopic (exact) mass is 300 g/mol. The lowest BCUT2D eigenvalue weighted by Crippen LogP contribution is -2.38. The third kappa shape index (κ3) is 2.29. The van der Waals surface area contributed by atoms with Gasteiger partial charge in [-0.25, -0.2) is 0 Å². The van der Waals surface area contributed by atoms with E-state index in [1.165, 1.54) is 0 Å². The van der Waals surface area contributed by atoms with Gasteiger partial charge >= 0.3 is 10.0 Å². The summed E-state index contributed by atoms with van der Waals surface area (Å²) in [5.41, 5.74) is 2.80. The minimum absolute atomic E-state index is 0.445. The number of fused-ring (bicyclic) bond motifs is 1. The Balaban J connectivity index is 2.24. The average Bonchev–Trinajstić information content (AvgIpc) is 2.36. The highest BCUT2D eigenvalue weighted by Crippen LogP contribution is 2.46. The highest BCUT2D eigenvalue weighted by molar-refractivity contribution is 7.93. The SMILES string of the molecule is CC1=CC2(C)C=C(c3ccccc3)NS(=O)(=O)C2=C(C)[CH+]1. The molecule has 2 aliphatic rings. The van der Waals surface area contributed by atoms with Crippen LogP contribution in [0.3, 0.4) is 0 Å². The molecule has 0 amide bonds. The third-order valence-corrected chi connectivity index (χ3v) is 5.65. The summed E-state index contributed by atoms with van der Waals surface area (Å²) in [5.74, 6) is 0. The lowest BCUT2D eigenvalue weighted by Gasteiger charge is -2.30. The van der Waals surface area contributed by atoms with Gasteiger partial charge in [-0.05, 0) is 32.4 Å². The van der Waals surface area contributed by atoms with Crippen LogP contribution in [0, 0.1) is 11.8 Å². The number of allylic oxidation sites excluding steroid dienone is 5. The van der Waals surface area contributed by atoms with Gasteiger partial charge in [-0.3, -0.25) is 4.72 Å². The summed E-state index contributed by atoms with van der Waals surface area (Å²) in [5, 5.41) is 0. The number of benzene rings is 1. The van der Waals surface area contributed by atoms with Crippen LogP contribution in [0.2, 0.25) is 0 Å². The standard InChI is InChI=1S/C17H18NO2S/c1-12-9-13(2)16-17(3,10-12)11-15(18-21(16,19)20)14-7-5-4-6-8-14/h4-11,18H,1-3H3/q+1. The number of rotatable bonds is 1. The Morgan fingerprint density at radius 1 is 1.10 bits per heavy atom. The molecule has 3 rings (SSSR count). The first kappa shape index (κ1) is 14.0. The minimum atomic E-state index is -3.53. The summed E-state index contributed by atoms with van der Waals surface area (Å²) in [7, 11) is -3.53. The van der Waals surface area contributed by atoms with Gasteiger partial charge in [0.1, 0.15) is 5.41 Å². The van der Waals surface area contributed by atoms with Gasteiger partial charge in [-0.15, -0.1) is 0 Å². The second-order valence-electron chi connectivity index (χ2n) is 5.86. The van der Waals surface area contributed by atoms with Gasteiger partial charge in [0.05, 0.1) is 16.8 Å².